The fraction of sp³-hybridized carbons (Fsp3) is 0.750. The Balaban J connectivity index is 3.79. The highest BCUT2D eigenvalue weighted by atomic mass is 16.4. The van der Waals surface area contributed by atoms with Crippen LogP contribution in [0.25, 0.3) is 0 Å². The molecule has 0 spiro atoms. The van der Waals surface area contributed by atoms with Crippen LogP contribution in [0.1, 0.15) is 58.8 Å². The molecule has 0 fully saturated rings. The Bertz CT molecular complexity index is 183. The lowest BCUT2D eigenvalue weighted by Gasteiger charge is -2.04. The highest BCUT2D eigenvalue weighted by molar-refractivity contribution is 5.80. The van der Waals surface area contributed by atoms with E-state index < -0.39 is 5.97 Å². The second-order valence-electron chi connectivity index (χ2n) is 3.70. The van der Waals surface area contributed by atoms with Gasteiger partial charge in [0.15, 0.2) is 0 Å². The first-order chi connectivity index (χ1) is 6.70. The van der Waals surface area contributed by atoms with Crippen molar-refractivity contribution in [1.82, 2.24) is 0 Å². The minimum atomic E-state index is -0.802. The molecule has 82 valence electrons. The van der Waals surface area contributed by atoms with E-state index in [0.717, 1.165) is 31.3 Å². The fourth-order valence-corrected chi connectivity index (χ4v) is 1.54. The normalized spacial score (nSPS) is 11.7. The fourth-order valence-electron chi connectivity index (χ4n) is 1.54. The number of hydrogen-bond acceptors (Lipinski definition) is 1. The zero-order chi connectivity index (χ0) is 10.8. The van der Waals surface area contributed by atoms with Gasteiger partial charge in [-0.3, -0.25) is 0 Å². The number of rotatable bonds is 8. The zero-order valence-corrected chi connectivity index (χ0v) is 9.38. The van der Waals surface area contributed by atoms with E-state index in [0.29, 0.717) is 0 Å². The van der Waals surface area contributed by atoms with Gasteiger partial charge in [-0.05, 0) is 19.3 Å². The highest BCUT2D eigenvalue weighted by Gasteiger charge is 1.99. The second kappa shape index (κ2) is 8.79. The maximum Gasteiger partial charge on any atom is 0.328 e. The topological polar surface area (TPSA) is 37.3 Å². The van der Waals surface area contributed by atoms with Crippen molar-refractivity contribution in [3.05, 3.63) is 11.6 Å². The number of carbonyl (C=O) groups is 1. The van der Waals surface area contributed by atoms with E-state index >= 15 is 0 Å². The van der Waals surface area contributed by atoms with Gasteiger partial charge in [0.05, 0.1) is 0 Å². The zero-order valence-electron chi connectivity index (χ0n) is 9.38. The molecular formula is C12H22O2. The first-order valence-corrected chi connectivity index (χ1v) is 5.63. The Hall–Kier alpha value is -0.790. The second-order valence-corrected chi connectivity index (χ2v) is 3.70. The average Bonchev–Trinajstić information content (AvgIpc) is 2.12. The van der Waals surface area contributed by atoms with Crippen LogP contribution in [0.3, 0.4) is 0 Å². The predicted octanol–water partition coefficient (Wildman–Crippen LogP) is 3.77. The first kappa shape index (κ1) is 13.2. The Labute approximate surface area is 87.0 Å². The molecule has 0 aromatic heterocycles. The van der Waals surface area contributed by atoms with Crippen LogP contribution in [-0.4, -0.2) is 11.1 Å². The van der Waals surface area contributed by atoms with Gasteiger partial charge < -0.3 is 5.11 Å². The van der Waals surface area contributed by atoms with Gasteiger partial charge in [0.2, 0.25) is 0 Å². The molecule has 14 heavy (non-hydrogen) atoms. The Morgan fingerprint density at radius 3 is 2.29 bits per heavy atom. The van der Waals surface area contributed by atoms with Gasteiger partial charge in [0.1, 0.15) is 0 Å². The van der Waals surface area contributed by atoms with E-state index in [1.807, 2.05) is 0 Å². The molecule has 0 saturated carbocycles. The summed E-state index contributed by atoms with van der Waals surface area (Å²) in [4.78, 5) is 10.5. The predicted molar refractivity (Wildman–Crippen MR) is 59.4 cm³/mol. The van der Waals surface area contributed by atoms with Crippen molar-refractivity contribution in [3.8, 4) is 0 Å². The van der Waals surface area contributed by atoms with Gasteiger partial charge in [0, 0.05) is 6.08 Å². The summed E-state index contributed by atoms with van der Waals surface area (Å²) in [5, 5.41) is 8.64. The molecule has 0 radical (unpaired) electrons. The maximum atomic E-state index is 10.5. The third kappa shape index (κ3) is 7.84. The Morgan fingerprint density at radius 1 is 1.07 bits per heavy atom. The molecule has 0 amide bonds. The minimum absolute atomic E-state index is 0.802. The largest absolute Gasteiger partial charge is 0.478 e. The van der Waals surface area contributed by atoms with Gasteiger partial charge in [-0.25, -0.2) is 4.79 Å². The molecule has 0 aromatic rings. The third-order valence-electron chi connectivity index (χ3n) is 2.25. The average molecular weight is 198 g/mol. The number of carboxylic acid groups (broad SMARTS) is 1. The van der Waals surface area contributed by atoms with Gasteiger partial charge in [-0.2, -0.15) is 0 Å². The Morgan fingerprint density at radius 2 is 1.79 bits per heavy atom. The van der Waals surface area contributed by atoms with E-state index in [4.69, 9.17) is 5.11 Å². The number of carboxylic acids is 1. The Kier molecular flexibility index (Phi) is 8.30. The van der Waals surface area contributed by atoms with Gasteiger partial charge in [0.25, 0.3) is 0 Å². The van der Waals surface area contributed by atoms with E-state index in [9.17, 15) is 4.79 Å². The number of hydrogen-bond donors (Lipinski definition) is 1. The molecule has 0 aliphatic carbocycles. The van der Waals surface area contributed by atoms with E-state index in [1.54, 1.807) is 0 Å². The van der Waals surface area contributed by atoms with Crippen LogP contribution in [-0.2, 0) is 4.79 Å². The van der Waals surface area contributed by atoms with Crippen molar-refractivity contribution >= 4 is 5.97 Å². The van der Waals surface area contributed by atoms with Crippen LogP contribution in [0.4, 0.5) is 0 Å². The smallest absolute Gasteiger partial charge is 0.328 e. The standard InChI is InChI=1S/C12H22O2/c1-3-5-6-7-9-11(8-4-2)10-12(13)14/h10H,3-9H2,1-2H3,(H,13,14)/b11-10+. The number of allylic oxidation sites excluding steroid dienone is 1. The summed E-state index contributed by atoms with van der Waals surface area (Å²) in [6.07, 6.45) is 9.14. The summed E-state index contributed by atoms with van der Waals surface area (Å²) >= 11 is 0. The number of aliphatic carboxylic acids is 1. The molecule has 2 nitrogen and oxygen atoms in total. The molecule has 0 saturated heterocycles. The lowest BCUT2D eigenvalue weighted by Crippen LogP contribution is -1.93. The maximum absolute atomic E-state index is 10.5. The number of unbranched alkanes of at least 4 members (excludes halogenated alkanes) is 3. The lowest BCUT2D eigenvalue weighted by atomic mass is 10.0. The van der Waals surface area contributed by atoms with E-state index in [1.165, 1.54) is 25.3 Å². The molecule has 0 rings (SSSR count). The summed E-state index contributed by atoms with van der Waals surface area (Å²) in [7, 11) is 0. The summed E-state index contributed by atoms with van der Waals surface area (Å²) < 4.78 is 0. The molecular weight excluding hydrogens is 176 g/mol. The summed E-state index contributed by atoms with van der Waals surface area (Å²) in [6.45, 7) is 4.27. The van der Waals surface area contributed by atoms with Crippen LogP contribution in [0.15, 0.2) is 11.6 Å². The molecule has 0 aromatic carbocycles. The van der Waals surface area contributed by atoms with Gasteiger partial charge in [-0.1, -0.05) is 45.1 Å². The molecule has 0 unspecified atom stereocenters. The quantitative estimate of drug-likeness (QED) is 0.476. The van der Waals surface area contributed by atoms with Crippen LogP contribution in [0.2, 0.25) is 0 Å². The van der Waals surface area contributed by atoms with Crippen molar-refractivity contribution in [1.29, 1.82) is 0 Å². The highest BCUT2D eigenvalue weighted by Crippen LogP contribution is 2.14. The van der Waals surface area contributed by atoms with Crippen molar-refractivity contribution < 1.29 is 9.90 Å². The van der Waals surface area contributed by atoms with Crippen molar-refractivity contribution in [2.24, 2.45) is 0 Å². The van der Waals surface area contributed by atoms with Crippen LogP contribution in [0, 0.1) is 0 Å². The lowest BCUT2D eigenvalue weighted by molar-refractivity contribution is -0.131. The van der Waals surface area contributed by atoms with Crippen molar-refractivity contribution in [2.45, 2.75) is 58.8 Å². The van der Waals surface area contributed by atoms with Crippen molar-refractivity contribution in [3.63, 3.8) is 0 Å². The molecule has 2 heteroatoms. The molecule has 0 aliphatic heterocycles. The summed E-state index contributed by atoms with van der Waals surface area (Å²) in [5.74, 6) is -0.802. The van der Waals surface area contributed by atoms with Gasteiger partial charge >= 0.3 is 5.97 Å². The molecule has 0 atom stereocenters. The minimum Gasteiger partial charge on any atom is -0.478 e. The van der Waals surface area contributed by atoms with E-state index in [2.05, 4.69) is 13.8 Å². The molecule has 0 bridgehead atoms. The van der Waals surface area contributed by atoms with Crippen LogP contribution in [0.5, 0.6) is 0 Å². The SMILES string of the molecule is CCCCCC/C(=C/C(=O)O)CCC. The molecule has 1 N–H and O–H groups in total. The monoisotopic (exact) mass is 198 g/mol. The summed E-state index contributed by atoms with van der Waals surface area (Å²) in [6, 6.07) is 0. The van der Waals surface area contributed by atoms with Gasteiger partial charge in [-0.15, -0.1) is 0 Å². The molecule has 0 heterocycles. The van der Waals surface area contributed by atoms with Crippen molar-refractivity contribution in [2.75, 3.05) is 0 Å². The summed E-state index contributed by atoms with van der Waals surface area (Å²) in [5.41, 5.74) is 1.09. The van der Waals surface area contributed by atoms with Crippen LogP contribution >= 0.6 is 0 Å². The van der Waals surface area contributed by atoms with E-state index in [-0.39, 0.29) is 0 Å². The first-order valence-electron chi connectivity index (χ1n) is 5.63. The van der Waals surface area contributed by atoms with Crippen LogP contribution < -0.4 is 0 Å². The molecule has 0 aliphatic rings. The third-order valence-corrected chi connectivity index (χ3v) is 2.25.